The first kappa shape index (κ1) is 15.6. The highest BCUT2D eigenvalue weighted by Gasteiger charge is 2.07. The Bertz CT molecular complexity index is 436. The second kappa shape index (κ2) is 7.76. The Morgan fingerprint density at radius 1 is 1.06 bits per heavy atom. The summed E-state index contributed by atoms with van der Waals surface area (Å²) in [5, 5.41) is 0. The van der Waals surface area contributed by atoms with Crippen molar-refractivity contribution in [3.05, 3.63) is 35.8 Å². The fourth-order valence-electron chi connectivity index (χ4n) is 1.26. The smallest absolute Gasteiger partial charge is 0.265 e. The summed E-state index contributed by atoms with van der Waals surface area (Å²) in [6, 6.07) is 2.99. The van der Waals surface area contributed by atoms with E-state index in [9.17, 15) is 8.78 Å². The van der Waals surface area contributed by atoms with Crippen LogP contribution in [0.4, 0.5) is 8.78 Å². The SMILES string of the molecule is CC.CC.Cc1cn2cc(C(F)F)ccc2n1. The van der Waals surface area contributed by atoms with Crippen LogP contribution in [-0.2, 0) is 0 Å². The van der Waals surface area contributed by atoms with Crippen LogP contribution in [0, 0.1) is 6.92 Å². The number of fused-ring (bicyclic) bond motifs is 1. The molecule has 0 aliphatic heterocycles. The second-order valence-electron chi connectivity index (χ2n) is 2.91. The summed E-state index contributed by atoms with van der Waals surface area (Å²) in [4.78, 5) is 4.13. The summed E-state index contributed by atoms with van der Waals surface area (Å²) in [6.45, 7) is 9.83. The van der Waals surface area contributed by atoms with Gasteiger partial charge in [-0.05, 0) is 19.1 Å². The van der Waals surface area contributed by atoms with Crippen LogP contribution in [0.1, 0.15) is 45.4 Å². The van der Waals surface area contributed by atoms with Gasteiger partial charge in [-0.15, -0.1) is 0 Å². The topological polar surface area (TPSA) is 17.3 Å². The molecule has 0 aliphatic rings. The molecule has 0 bridgehead atoms. The van der Waals surface area contributed by atoms with Crippen molar-refractivity contribution >= 4 is 5.65 Å². The Kier molecular flexibility index (Phi) is 7.10. The van der Waals surface area contributed by atoms with Gasteiger partial charge < -0.3 is 4.40 Å². The molecule has 0 atom stereocenters. The highest BCUT2D eigenvalue weighted by molar-refractivity contribution is 5.41. The Morgan fingerprint density at radius 3 is 2.18 bits per heavy atom. The number of imidazole rings is 1. The molecule has 0 amide bonds. The minimum Gasteiger partial charge on any atom is -0.306 e. The second-order valence-corrected chi connectivity index (χ2v) is 2.91. The third-order valence-corrected chi connectivity index (χ3v) is 1.85. The predicted octanol–water partition coefficient (Wildman–Crippen LogP) is 4.63. The quantitative estimate of drug-likeness (QED) is 0.712. The fourth-order valence-corrected chi connectivity index (χ4v) is 1.26. The molecule has 0 radical (unpaired) electrons. The van der Waals surface area contributed by atoms with Crippen LogP contribution in [0.25, 0.3) is 5.65 Å². The van der Waals surface area contributed by atoms with E-state index in [4.69, 9.17) is 0 Å². The zero-order chi connectivity index (χ0) is 13.4. The molecule has 2 heterocycles. The van der Waals surface area contributed by atoms with E-state index < -0.39 is 6.43 Å². The third kappa shape index (κ3) is 4.13. The molecule has 0 N–H and O–H groups in total. The van der Waals surface area contributed by atoms with Crippen molar-refractivity contribution in [2.24, 2.45) is 0 Å². The third-order valence-electron chi connectivity index (χ3n) is 1.85. The summed E-state index contributed by atoms with van der Waals surface area (Å²) in [5.74, 6) is 0. The number of halogens is 2. The van der Waals surface area contributed by atoms with Gasteiger partial charge in [-0.1, -0.05) is 27.7 Å². The molecular formula is C13H20F2N2. The lowest BCUT2D eigenvalue weighted by Gasteiger charge is -1.99. The normalized spacial score (nSPS) is 9.41. The first-order valence-corrected chi connectivity index (χ1v) is 5.90. The van der Waals surface area contributed by atoms with Gasteiger partial charge in [-0.2, -0.15) is 0 Å². The van der Waals surface area contributed by atoms with E-state index in [0.717, 1.165) is 5.69 Å². The summed E-state index contributed by atoms with van der Waals surface area (Å²) < 4.78 is 26.1. The molecule has 4 heteroatoms. The summed E-state index contributed by atoms with van der Waals surface area (Å²) in [6.07, 6.45) is 0.702. The zero-order valence-electron chi connectivity index (χ0n) is 11.0. The van der Waals surface area contributed by atoms with E-state index in [-0.39, 0.29) is 5.56 Å². The molecule has 0 aromatic carbocycles. The van der Waals surface area contributed by atoms with Crippen LogP contribution in [0.5, 0.6) is 0 Å². The largest absolute Gasteiger partial charge is 0.306 e. The molecule has 2 rings (SSSR count). The van der Waals surface area contributed by atoms with Gasteiger partial charge in [-0.25, -0.2) is 13.8 Å². The Morgan fingerprint density at radius 2 is 1.65 bits per heavy atom. The van der Waals surface area contributed by atoms with E-state index in [1.54, 1.807) is 16.7 Å². The number of rotatable bonds is 1. The Labute approximate surface area is 101 Å². The minimum atomic E-state index is -2.42. The highest BCUT2D eigenvalue weighted by atomic mass is 19.3. The van der Waals surface area contributed by atoms with Crippen molar-refractivity contribution in [1.29, 1.82) is 0 Å². The molecule has 0 spiro atoms. The van der Waals surface area contributed by atoms with E-state index in [2.05, 4.69) is 4.98 Å². The van der Waals surface area contributed by atoms with E-state index in [1.165, 1.54) is 12.3 Å². The molecular weight excluding hydrogens is 222 g/mol. The lowest BCUT2D eigenvalue weighted by atomic mass is 10.3. The van der Waals surface area contributed by atoms with Gasteiger partial charge in [0.1, 0.15) is 5.65 Å². The molecule has 17 heavy (non-hydrogen) atoms. The molecule has 0 aliphatic carbocycles. The molecule has 2 aromatic heterocycles. The maximum absolute atomic E-state index is 12.3. The average molecular weight is 242 g/mol. The van der Waals surface area contributed by atoms with Crippen molar-refractivity contribution in [3.8, 4) is 0 Å². The molecule has 0 saturated carbocycles. The average Bonchev–Trinajstić information content (AvgIpc) is 2.73. The van der Waals surface area contributed by atoms with Gasteiger partial charge in [0.25, 0.3) is 6.43 Å². The number of hydrogen-bond acceptors (Lipinski definition) is 1. The first-order valence-electron chi connectivity index (χ1n) is 5.90. The number of hydrogen-bond donors (Lipinski definition) is 0. The van der Waals surface area contributed by atoms with Crippen molar-refractivity contribution < 1.29 is 8.78 Å². The number of aryl methyl sites for hydroxylation is 1. The predicted molar refractivity (Wildman–Crippen MR) is 67.6 cm³/mol. The van der Waals surface area contributed by atoms with E-state index >= 15 is 0 Å². The highest BCUT2D eigenvalue weighted by Crippen LogP contribution is 2.18. The summed E-state index contributed by atoms with van der Waals surface area (Å²) in [5.41, 5.74) is 1.54. The van der Waals surface area contributed by atoms with Gasteiger partial charge in [0.05, 0.1) is 5.69 Å². The fraction of sp³-hybridized carbons (Fsp3) is 0.462. The minimum absolute atomic E-state index is 0.0184. The standard InChI is InChI=1S/C9H8F2N2.2C2H6/c1-6-4-13-5-7(9(10)11)2-3-8(13)12-6;2*1-2/h2-5,9H,1H3;2*1-2H3. The van der Waals surface area contributed by atoms with Crippen molar-refractivity contribution in [3.63, 3.8) is 0 Å². The van der Waals surface area contributed by atoms with Gasteiger partial charge in [-0.3, -0.25) is 0 Å². The van der Waals surface area contributed by atoms with Crippen LogP contribution in [0.15, 0.2) is 24.5 Å². The van der Waals surface area contributed by atoms with Gasteiger partial charge in [0, 0.05) is 18.0 Å². The summed E-state index contributed by atoms with van der Waals surface area (Å²) in [7, 11) is 0. The number of aromatic nitrogens is 2. The van der Waals surface area contributed by atoms with Crippen LogP contribution in [0.2, 0.25) is 0 Å². The Hall–Kier alpha value is -1.45. The van der Waals surface area contributed by atoms with E-state index in [0.29, 0.717) is 5.65 Å². The molecule has 2 nitrogen and oxygen atoms in total. The first-order chi connectivity index (χ1) is 8.16. The maximum atomic E-state index is 12.3. The zero-order valence-corrected chi connectivity index (χ0v) is 11.0. The molecule has 0 fully saturated rings. The van der Waals surface area contributed by atoms with Crippen LogP contribution in [-0.4, -0.2) is 9.38 Å². The molecule has 0 saturated heterocycles. The lowest BCUT2D eigenvalue weighted by molar-refractivity contribution is 0.151. The maximum Gasteiger partial charge on any atom is 0.265 e. The monoisotopic (exact) mass is 242 g/mol. The summed E-state index contributed by atoms with van der Waals surface area (Å²) >= 11 is 0. The van der Waals surface area contributed by atoms with Crippen molar-refractivity contribution in [1.82, 2.24) is 9.38 Å². The van der Waals surface area contributed by atoms with Gasteiger partial charge in [0.15, 0.2) is 0 Å². The van der Waals surface area contributed by atoms with Crippen LogP contribution < -0.4 is 0 Å². The molecule has 0 unspecified atom stereocenters. The van der Waals surface area contributed by atoms with Crippen molar-refractivity contribution in [2.75, 3.05) is 0 Å². The number of alkyl halides is 2. The number of pyridine rings is 1. The van der Waals surface area contributed by atoms with Gasteiger partial charge in [0.2, 0.25) is 0 Å². The lowest BCUT2D eigenvalue weighted by Crippen LogP contribution is -1.89. The van der Waals surface area contributed by atoms with Crippen LogP contribution >= 0.6 is 0 Å². The number of nitrogens with zero attached hydrogens (tertiary/aromatic N) is 2. The Balaban J connectivity index is 0.000000581. The van der Waals surface area contributed by atoms with Crippen LogP contribution in [0.3, 0.4) is 0 Å². The van der Waals surface area contributed by atoms with Gasteiger partial charge >= 0.3 is 0 Å². The van der Waals surface area contributed by atoms with E-state index in [1.807, 2.05) is 34.6 Å². The molecule has 96 valence electrons. The molecule has 2 aromatic rings. The van der Waals surface area contributed by atoms with Crippen molar-refractivity contribution in [2.45, 2.75) is 41.0 Å².